The minimum Gasteiger partial charge on any atom is -0.338 e. The summed E-state index contributed by atoms with van der Waals surface area (Å²) in [6.07, 6.45) is 3.43. The van der Waals surface area contributed by atoms with Gasteiger partial charge in [-0.1, -0.05) is 35.3 Å². The number of anilines is 2. The molecule has 0 aliphatic heterocycles. The lowest BCUT2D eigenvalue weighted by Gasteiger charge is -2.12. The summed E-state index contributed by atoms with van der Waals surface area (Å²) < 4.78 is 0. The molecule has 122 valence electrons. The predicted molar refractivity (Wildman–Crippen MR) is 103 cm³/mol. The molecule has 25 heavy (non-hydrogen) atoms. The van der Waals surface area contributed by atoms with Gasteiger partial charge in [0.25, 0.3) is 0 Å². The van der Waals surface area contributed by atoms with Gasteiger partial charge >= 0.3 is 0 Å². The molecule has 0 saturated heterocycles. The van der Waals surface area contributed by atoms with Crippen molar-refractivity contribution < 1.29 is 0 Å². The van der Waals surface area contributed by atoms with Gasteiger partial charge in [-0.15, -0.1) is 0 Å². The summed E-state index contributed by atoms with van der Waals surface area (Å²) in [4.78, 5) is 13.4. The molecule has 1 N–H and O–H groups in total. The maximum Gasteiger partial charge on any atom is 0.162 e. The van der Waals surface area contributed by atoms with E-state index in [4.69, 9.17) is 23.2 Å². The van der Waals surface area contributed by atoms with Crippen LogP contribution in [0, 0.1) is 0 Å². The van der Waals surface area contributed by atoms with Crippen LogP contribution < -0.4 is 5.32 Å². The number of hydrogen-bond acceptors (Lipinski definition) is 4. The Morgan fingerprint density at radius 3 is 2.48 bits per heavy atom. The van der Waals surface area contributed by atoms with E-state index in [2.05, 4.69) is 20.3 Å². The van der Waals surface area contributed by atoms with Gasteiger partial charge in [0, 0.05) is 28.4 Å². The zero-order valence-corrected chi connectivity index (χ0v) is 14.5. The fourth-order valence-corrected chi connectivity index (χ4v) is 2.86. The SMILES string of the molecule is Clc1ccc(Cl)c(Nc2nc(-c3ccncc3)nc3ccccc23)c1. The Hall–Kier alpha value is -2.69. The Bertz CT molecular complexity index is 1050. The van der Waals surface area contributed by atoms with Crippen molar-refractivity contribution in [1.29, 1.82) is 0 Å². The van der Waals surface area contributed by atoms with Crippen molar-refractivity contribution in [1.82, 2.24) is 15.0 Å². The van der Waals surface area contributed by atoms with Gasteiger partial charge in [-0.3, -0.25) is 4.98 Å². The van der Waals surface area contributed by atoms with Crippen LogP contribution in [0.4, 0.5) is 11.5 Å². The van der Waals surface area contributed by atoms with Crippen LogP contribution in [-0.2, 0) is 0 Å². The molecule has 4 rings (SSSR count). The minimum atomic E-state index is 0.567. The molecular formula is C19H12Cl2N4. The van der Waals surface area contributed by atoms with Crippen molar-refractivity contribution in [3.05, 3.63) is 77.0 Å². The highest BCUT2D eigenvalue weighted by molar-refractivity contribution is 6.35. The number of nitrogens with zero attached hydrogens (tertiary/aromatic N) is 3. The van der Waals surface area contributed by atoms with Gasteiger partial charge in [0.1, 0.15) is 5.82 Å². The van der Waals surface area contributed by atoms with Crippen molar-refractivity contribution in [3.8, 4) is 11.4 Å². The van der Waals surface area contributed by atoms with Crippen LogP contribution in [0.15, 0.2) is 67.0 Å². The van der Waals surface area contributed by atoms with Crippen LogP contribution in [0.25, 0.3) is 22.3 Å². The third-order valence-electron chi connectivity index (χ3n) is 3.72. The molecule has 0 unspecified atom stereocenters. The second-order valence-electron chi connectivity index (χ2n) is 5.40. The first-order chi connectivity index (χ1) is 12.2. The molecule has 4 aromatic rings. The first-order valence-electron chi connectivity index (χ1n) is 7.60. The van der Waals surface area contributed by atoms with Crippen LogP contribution >= 0.6 is 23.2 Å². The summed E-state index contributed by atoms with van der Waals surface area (Å²) >= 11 is 12.4. The average Bonchev–Trinajstić information content (AvgIpc) is 2.65. The molecule has 2 aromatic carbocycles. The maximum atomic E-state index is 6.28. The largest absolute Gasteiger partial charge is 0.338 e. The van der Waals surface area contributed by atoms with Gasteiger partial charge < -0.3 is 5.32 Å². The number of halogens is 2. The topological polar surface area (TPSA) is 50.7 Å². The van der Waals surface area contributed by atoms with Crippen LogP contribution in [0.3, 0.4) is 0 Å². The predicted octanol–water partition coefficient (Wildman–Crippen LogP) is 5.74. The lowest BCUT2D eigenvalue weighted by atomic mass is 10.2. The fraction of sp³-hybridized carbons (Fsp3) is 0. The second kappa shape index (κ2) is 6.67. The molecule has 0 amide bonds. The van der Waals surface area contributed by atoms with E-state index in [1.165, 1.54) is 0 Å². The zero-order valence-electron chi connectivity index (χ0n) is 12.9. The normalized spacial score (nSPS) is 10.8. The van der Waals surface area contributed by atoms with Gasteiger partial charge in [0.2, 0.25) is 0 Å². The van der Waals surface area contributed by atoms with E-state index in [0.29, 0.717) is 27.4 Å². The molecule has 0 fully saturated rings. The lowest BCUT2D eigenvalue weighted by molar-refractivity contribution is 1.21. The smallest absolute Gasteiger partial charge is 0.162 e. The monoisotopic (exact) mass is 366 g/mol. The van der Waals surface area contributed by atoms with Gasteiger partial charge in [-0.2, -0.15) is 0 Å². The highest BCUT2D eigenvalue weighted by Crippen LogP contribution is 2.31. The molecule has 4 nitrogen and oxygen atoms in total. The van der Waals surface area contributed by atoms with Gasteiger partial charge in [0.15, 0.2) is 5.82 Å². The van der Waals surface area contributed by atoms with Gasteiger partial charge in [-0.05, 0) is 42.5 Å². The number of nitrogens with one attached hydrogen (secondary N) is 1. The molecule has 0 saturated carbocycles. The Morgan fingerprint density at radius 2 is 1.64 bits per heavy atom. The van der Waals surface area contributed by atoms with Gasteiger partial charge in [0.05, 0.1) is 16.2 Å². The quantitative estimate of drug-likeness (QED) is 0.502. The molecule has 0 bridgehead atoms. The van der Waals surface area contributed by atoms with E-state index >= 15 is 0 Å². The van der Waals surface area contributed by atoms with Crippen molar-refractivity contribution in [2.24, 2.45) is 0 Å². The van der Waals surface area contributed by atoms with Crippen LogP contribution in [0.1, 0.15) is 0 Å². The lowest BCUT2D eigenvalue weighted by Crippen LogP contribution is -2.00. The molecular weight excluding hydrogens is 355 g/mol. The Kier molecular flexibility index (Phi) is 4.22. The Labute approximate surface area is 154 Å². The zero-order chi connectivity index (χ0) is 17.2. The molecule has 2 aromatic heterocycles. The third-order valence-corrected chi connectivity index (χ3v) is 4.29. The van der Waals surface area contributed by atoms with Crippen molar-refractivity contribution in [2.45, 2.75) is 0 Å². The molecule has 2 heterocycles. The molecule has 6 heteroatoms. The molecule has 0 atom stereocenters. The highest BCUT2D eigenvalue weighted by atomic mass is 35.5. The first kappa shape index (κ1) is 15.8. The Morgan fingerprint density at radius 1 is 0.840 bits per heavy atom. The summed E-state index contributed by atoms with van der Waals surface area (Å²) in [5.41, 5.74) is 2.42. The molecule has 0 radical (unpaired) electrons. The summed E-state index contributed by atoms with van der Waals surface area (Å²) in [6.45, 7) is 0. The van der Waals surface area contributed by atoms with E-state index in [9.17, 15) is 0 Å². The number of pyridine rings is 1. The van der Waals surface area contributed by atoms with E-state index < -0.39 is 0 Å². The van der Waals surface area contributed by atoms with E-state index in [0.717, 1.165) is 16.5 Å². The number of hydrogen-bond donors (Lipinski definition) is 1. The number of benzene rings is 2. The van der Waals surface area contributed by atoms with Gasteiger partial charge in [-0.25, -0.2) is 9.97 Å². The van der Waals surface area contributed by atoms with E-state index in [1.807, 2.05) is 36.4 Å². The number of aromatic nitrogens is 3. The standard InChI is InChI=1S/C19H12Cl2N4/c20-13-5-6-15(21)17(11-13)24-19-14-3-1-2-4-16(14)23-18(25-19)12-7-9-22-10-8-12/h1-11H,(H,23,24,25). The van der Waals surface area contributed by atoms with Crippen LogP contribution in [-0.4, -0.2) is 15.0 Å². The fourth-order valence-electron chi connectivity index (χ4n) is 2.52. The molecule has 0 aliphatic carbocycles. The first-order valence-corrected chi connectivity index (χ1v) is 8.35. The molecule has 0 spiro atoms. The summed E-state index contributed by atoms with van der Waals surface area (Å²) in [5.74, 6) is 1.28. The van der Waals surface area contributed by atoms with Crippen LogP contribution in [0.5, 0.6) is 0 Å². The number of para-hydroxylation sites is 1. The molecule has 0 aliphatic rings. The van der Waals surface area contributed by atoms with Crippen molar-refractivity contribution in [3.63, 3.8) is 0 Å². The highest BCUT2D eigenvalue weighted by Gasteiger charge is 2.11. The van der Waals surface area contributed by atoms with E-state index in [-0.39, 0.29) is 0 Å². The second-order valence-corrected chi connectivity index (χ2v) is 6.24. The Balaban J connectivity index is 1.88. The van der Waals surface area contributed by atoms with Crippen molar-refractivity contribution >= 4 is 45.6 Å². The van der Waals surface area contributed by atoms with E-state index in [1.54, 1.807) is 30.6 Å². The summed E-state index contributed by atoms with van der Waals surface area (Å²) in [6, 6.07) is 16.8. The third kappa shape index (κ3) is 3.27. The summed E-state index contributed by atoms with van der Waals surface area (Å²) in [5, 5.41) is 5.35. The van der Waals surface area contributed by atoms with Crippen LogP contribution in [0.2, 0.25) is 10.0 Å². The minimum absolute atomic E-state index is 0.567. The maximum absolute atomic E-state index is 6.28. The average molecular weight is 367 g/mol. The van der Waals surface area contributed by atoms with Crippen molar-refractivity contribution in [2.75, 3.05) is 5.32 Å². The summed E-state index contributed by atoms with van der Waals surface area (Å²) in [7, 11) is 0. The number of fused-ring (bicyclic) bond motifs is 1. The number of rotatable bonds is 3.